The number of hydrogen-bond acceptors (Lipinski definition) is 3. The van der Waals surface area contributed by atoms with Crippen molar-refractivity contribution in [2.24, 2.45) is 5.73 Å². The molecule has 1 aromatic carbocycles. The molecule has 0 aromatic heterocycles. The Kier molecular flexibility index (Phi) is 8.58. The van der Waals surface area contributed by atoms with Gasteiger partial charge in [-0.3, -0.25) is 0 Å². The fourth-order valence-electron chi connectivity index (χ4n) is 0.936. The van der Waals surface area contributed by atoms with Crippen LogP contribution in [0.2, 0.25) is 0 Å². The molecule has 1 atom stereocenters. The first kappa shape index (κ1) is 14.2. The summed E-state index contributed by atoms with van der Waals surface area (Å²) >= 11 is 5.99. The molecule has 0 aliphatic rings. The van der Waals surface area contributed by atoms with Crippen LogP contribution in [-0.2, 0) is 0 Å². The zero-order valence-corrected chi connectivity index (χ0v) is 10.5. The Morgan fingerprint density at radius 1 is 1.29 bits per heavy atom. The molecule has 0 bridgehead atoms. The maximum absolute atomic E-state index is 5.75. The van der Waals surface area contributed by atoms with E-state index in [0.717, 1.165) is 17.9 Å². The molecule has 0 unspecified atom stereocenters. The highest BCUT2D eigenvalue weighted by Crippen LogP contribution is 2.18. The highest BCUT2D eigenvalue weighted by molar-refractivity contribution is 7.99. The molecule has 2 N–H and O–H groups in total. The first-order chi connectivity index (χ1) is 6.33. The molecule has 0 saturated heterocycles. The Balaban J connectivity index is 0.00000169. The molecular formula is C10H16ClNS2. The highest BCUT2D eigenvalue weighted by atomic mass is 35.5. The van der Waals surface area contributed by atoms with Crippen LogP contribution in [-0.4, -0.2) is 17.5 Å². The first-order valence-electron chi connectivity index (χ1n) is 4.37. The van der Waals surface area contributed by atoms with Crippen molar-refractivity contribution in [3.05, 3.63) is 30.3 Å². The summed E-state index contributed by atoms with van der Waals surface area (Å²) in [6.07, 6.45) is 1.03. The van der Waals surface area contributed by atoms with E-state index in [0.29, 0.717) is 0 Å². The van der Waals surface area contributed by atoms with Gasteiger partial charge < -0.3 is 5.73 Å². The molecule has 1 nitrogen and oxygen atoms in total. The molecule has 0 aliphatic heterocycles. The number of rotatable bonds is 5. The van der Waals surface area contributed by atoms with Crippen molar-refractivity contribution in [2.75, 3.05) is 11.5 Å². The molecule has 14 heavy (non-hydrogen) atoms. The van der Waals surface area contributed by atoms with Gasteiger partial charge in [-0.25, -0.2) is 0 Å². The summed E-state index contributed by atoms with van der Waals surface area (Å²) in [6, 6.07) is 10.6. The van der Waals surface area contributed by atoms with Gasteiger partial charge in [-0.05, 0) is 24.3 Å². The van der Waals surface area contributed by atoms with E-state index in [1.54, 1.807) is 0 Å². The van der Waals surface area contributed by atoms with Crippen LogP contribution < -0.4 is 5.73 Å². The summed E-state index contributed by atoms with van der Waals surface area (Å²) in [7, 11) is 0. The van der Waals surface area contributed by atoms with Gasteiger partial charge in [-0.2, -0.15) is 12.6 Å². The normalized spacial score (nSPS) is 11.9. The smallest absolute Gasteiger partial charge is 0.0135 e. The monoisotopic (exact) mass is 249 g/mol. The van der Waals surface area contributed by atoms with E-state index in [2.05, 4.69) is 36.9 Å². The van der Waals surface area contributed by atoms with Crippen molar-refractivity contribution in [3.63, 3.8) is 0 Å². The predicted molar refractivity (Wildman–Crippen MR) is 70.9 cm³/mol. The summed E-state index contributed by atoms with van der Waals surface area (Å²) in [5.41, 5.74) is 5.75. The maximum atomic E-state index is 5.75. The quantitative estimate of drug-likeness (QED) is 0.620. The Labute approximate surface area is 102 Å². The zero-order valence-electron chi connectivity index (χ0n) is 7.93. The third-order valence-corrected chi connectivity index (χ3v) is 3.25. The van der Waals surface area contributed by atoms with Gasteiger partial charge in [0.25, 0.3) is 0 Å². The van der Waals surface area contributed by atoms with Crippen LogP contribution in [0.5, 0.6) is 0 Å². The van der Waals surface area contributed by atoms with Crippen molar-refractivity contribution in [1.82, 2.24) is 0 Å². The standard InChI is InChI=1S/C10H15NS2.ClH/c11-9(8-12)6-7-13-10-4-2-1-3-5-10;/h1-5,9,12H,6-8,11H2;1H/t9-;/m0./s1. The molecular weight excluding hydrogens is 234 g/mol. The SMILES string of the molecule is Cl.N[C@H](CS)CCSc1ccccc1. The van der Waals surface area contributed by atoms with E-state index >= 15 is 0 Å². The average Bonchev–Trinajstić information content (AvgIpc) is 2.19. The number of halogens is 1. The van der Waals surface area contributed by atoms with E-state index < -0.39 is 0 Å². The van der Waals surface area contributed by atoms with E-state index in [1.807, 2.05) is 17.8 Å². The van der Waals surface area contributed by atoms with E-state index in [1.165, 1.54) is 4.90 Å². The minimum atomic E-state index is 0. The Hall–Kier alpha value is 0.170. The number of nitrogens with two attached hydrogens (primary N) is 1. The average molecular weight is 250 g/mol. The summed E-state index contributed by atoms with van der Waals surface area (Å²) < 4.78 is 0. The molecule has 0 saturated carbocycles. The predicted octanol–water partition coefficient (Wildman–Crippen LogP) is 2.85. The summed E-state index contributed by atoms with van der Waals surface area (Å²) in [4.78, 5) is 1.31. The lowest BCUT2D eigenvalue weighted by Gasteiger charge is -2.06. The van der Waals surface area contributed by atoms with Crippen LogP contribution in [0.1, 0.15) is 6.42 Å². The van der Waals surface area contributed by atoms with Crippen molar-refractivity contribution in [1.29, 1.82) is 0 Å². The lowest BCUT2D eigenvalue weighted by molar-refractivity contribution is 0.733. The Morgan fingerprint density at radius 2 is 1.93 bits per heavy atom. The lowest BCUT2D eigenvalue weighted by atomic mass is 10.3. The molecule has 80 valence electrons. The van der Waals surface area contributed by atoms with Crippen molar-refractivity contribution in [3.8, 4) is 0 Å². The molecule has 0 heterocycles. The van der Waals surface area contributed by atoms with E-state index in [4.69, 9.17) is 5.73 Å². The third kappa shape index (κ3) is 5.81. The highest BCUT2D eigenvalue weighted by Gasteiger charge is 1.99. The summed E-state index contributed by atoms with van der Waals surface area (Å²) in [5.74, 6) is 1.85. The van der Waals surface area contributed by atoms with Gasteiger partial charge in [0.1, 0.15) is 0 Å². The van der Waals surface area contributed by atoms with Gasteiger partial charge in [-0.15, -0.1) is 24.2 Å². The van der Waals surface area contributed by atoms with Crippen molar-refractivity contribution < 1.29 is 0 Å². The van der Waals surface area contributed by atoms with E-state index in [-0.39, 0.29) is 18.4 Å². The van der Waals surface area contributed by atoms with Crippen LogP contribution in [0.4, 0.5) is 0 Å². The van der Waals surface area contributed by atoms with Crippen molar-refractivity contribution >= 4 is 36.8 Å². The second-order valence-corrected chi connectivity index (χ2v) is 4.43. The van der Waals surface area contributed by atoms with Gasteiger partial charge in [0, 0.05) is 16.7 Å². The van der Waals surface area contributed by atoms with Crippen LogP contribution >= 0.6 is 36.8 Å². The lowest BCUT2D eigenvalue weighted by Crippen LogP contribution is -2.22. The molecule has 1 aromatic rings. The van der Waals surface area contributed by atoms with Crippen LogP contribution in [0.25, 0.3) is 0 Å². The van der Waals surface area contributed by atoms with E-state index in [9.17, 15) is 0 Å². The first-order valence-corrected chi connectivity index (χ1v) is 5.99. The van der Waals surface area contributed by atoms with Crippen LogP contribution in [0.15, 0.2) is 35.2 Å². The molecule has 0 fully saturated rings. The molecule has 0 aliphatic carbocycles. The number of thioether (sulfide) groups is 1. The molecule has 0 spiro atoms. The second kappa shape index (κ2) is 8.48. The molecule has 0 radical (unpaired) electrons. The van der Waals surface area contributed by atoms with Gasteiger partial charge in [0.2, 0.25) is 0 Å². The van der Waals surface area contributed by atoms with Crippen molar-refractivity contribution in [2.45, 2.75) is 17.4 Å². The summed E-state index contributed by atoms with van der Waals surface area (Å²) in [5, 5.41) is 0. The third-order valence-electron chi connectivity index (χ3n) is 1.74. The largest absolute Gasteiger partial charge is 0.327 e. The zero-order chi connectivity index (χ0) is 9.52. The fraction of sp³-hybridized carbons (Fsp3) is 0.400. The number of thiol groups is 1. The minimum absolute atomic E-state index is 0. The number of hydrogen-bond donors (Lipinski definition) is 2. The van der Waals surface area contributed by atoms with Crippen LogP contribution in [0, 0.1) is 0 Å². The summed E-state index contributed by atoms with van der Waals surface area (Å²) in [6.45, 7) is 0. The Morgan fingerprint density at radius 3 is 2.50 bits per heavy atom. The molecule has 0 amide bonds. The second-order valence-electron chi connectivity index (χ2n) is 2.89. The minimum Gasteiger partial charge on any atom is -0.327 e. The molecule has 1 rings (SSSR count). The maximum Gasteiger partial charge on any atom is 0.0135 e. The molecule has 4 heteroatoms. The van der Waals surface area contributed by atoms with Gasteiger partial charge in [0.05, 0.1) is 0 Å². The van der Waals surface area contributed by atoms with Gasteiger partial charge >= 0.3 is 0 Å². The van der Waals surface area contributed by atoms with Crippen LogP contribution in [0.3, 0.4) is 0 Å². The topological polar surface area (TPSA) is 26.0 Å². The fourth-order valence-corrected chi connectivity index (χ4v) is 2.12. The van der Waals surface area contributed by atoms with Gasteiger partial charge in [0.15, 0.2) is 0 Å². The van der Waals surface area contributed by atoms with Gasteiger partial charge in [-0.1, -0.05) is 18.2 Å². The Bertz CT molecular complexity index is 231. The number of benzene rings is 1.